The number of aliphatic hydroxyl groups excluding tert-OH is 1. The van der Waals surface area contributed by atoms with Crippen LogP contribution in [0.3, 0.4) is 0 Å². The molecule has 0 radical (unpaired) electrons. The third-order valence-corrected chi connectivity index (χ3v) is 6.20. The van der Waals surface area contributed by atoms with E-state index in [2.05, 4.69) is 50.4 Å². The van der Waals surface area contributed by atoms with E-state index in [9.17, 15) is 9.90 Å². The number of nitrogens with one attached hydrogen (secondary N) is 1. The number of rotatable bonds is 7. The van der Waals surface area contributed by atoms with Crippen LogP contribution in [0, 0.1) is 0 Å². The number of benzene rings is 2. The lowest BCUT2D eigenvalue weighted by Crippen LogP contribution is -2.35. The largest absolute Gasteiger partial charge is 0.393 e. The molecule has 27 heavy (non-hydrogen) atoms. The summed E-state index contributed by atoms with van der Waals surface area (Å²) in [4.78, 5) is 15.5. The fourth-order valence-corrected chi connectivity index (χ4v) is 4.02. The molecular weight excluding hydrogens is 424 g/mol. The number of halogens is 1. The van der Waals surface area contributed by atoms with Crippen molar-refractivity contribution in [3.63, 3.8) is 0 Å². The van der Waals surface area contributed by atoms with Crippen molar-refractivity contribution in [3.8, 4) is 0 Å². The fraction of sp³-hybridized carbons (Fsp3) is 0.381. The normalized spacial score (nSPS) is 15.6. The first-order valence-electron chi connectivity index (χ1n) is 9.22. The molecule has 0 saturated carbocycles. The molecule has 0 atom stereocenters. The Morgan fingerprint density at radius 2 is 1.70 bits per heavy atom. The quantitative estimate of drug-likeness (QED) is 0.632. The summed E-state index contributed by atoms with van der Waals surface area (Å²) in [5, 5.41) is 12.6. The van der Waals surface area contributed by atoms with E-state index in [0.717, 1.165) is 47.4 Å². The minimum absolute atomic E-state index is 0.0406. The summed E-state index contributed by atoms with van der Waals surface area (Å²) >= 11 is 4.95. The number of piperidine rings is 1. The molecule has 144 valence electrons. The molecule has 2 N–H and O–H groups in total. The SMILES string of the molecule is O=C(CSc1ccc(Br)cc1)NCc1ccc(CN2CCC(O)CC2)cc1. The number of hydrogen-bond donors (Lipinski definition) is 2. The lowest BCUT2D eigenvalue weighted by Gasteiger charge is -2.29. The summed E-state index contributed by atoms with van der Waals surface area (Å²) in [5.41, 5.74) is 2.38. The maximum atomic E-state index is 12.0. The van der Waals surface area contributed by atoms with Gasteiger partial charge in [-0.15, -0.1) is 11.8 Å². The van der Waals surface area contributed by atoms with Crippen LogP contribution in [0.1, 0.15) is 24.0 Å². The van der Waals surface area contributed by atoms with Crippen molar-refractivity contribution in [2.24, 2.45) is 0 Å². The zero-order valence-corrected chi connectivity index (χ0v) is 17.6. The number of thioether (sulfide) groups is 1. The molecule has 1 aliphatic heterocycles. The molecule has 6 heteroatoms. The van der Waals surface area contributed by atoms with Gasteiger partial charge in [-0.25, -0.2) is 0 Å². The van der Waals surface area contributed by atoms with E-state index in [1.54, 1.807) is 0 Å². The smallest absolute Gasteiger partial charge is 0.230 e. The maximum Gasteiger partial charge on any atom is 0.230 e. The van der Waals surface area contributed by atoms with Crippen molar-refractivity contribution >= 4 is 33.6 Å². The van der Waals surface area contributed by atoms with Crippen LogP contribution in [-0.4, -0.2) is 40.9 Å². The van der Waals surface area contributed by atoms with Gasteiger partial charge in [-0.05, 0) is 48.2 Å². The number of aliphatic hydroxyl groups is 1. The average molecular weight is 449 g/mol. The minimum atomic E-state index is -0.130. The van der Waals surface area contributed by atoms with Crippen LogP contribution < -0.4 is 5.32 Å². The van der Waals surface area contributed by atoms with Crippen molar-refractivity contribution in [1.29, 1.82) is 0 Å². The van der Waals surface area contributed by atoms with Gasteiger partial charge in [0.05, 0.1) is 11.9 Å². The summed E-state index contributed by atoms with van der Waals surface area (Å²) in [5.74, 6) is 0.458. The van der Waals surface area contributed by atoms with Crippen molar-refractivity contribution in [2.75, 3.05) is 18.8 Å². The Kier molecular flexibility index (Phi) is 7.76. The number of nitrogens with zero attached hydrogens (tertiary/aromatic N) is 1. The molecule has 0 spiro atoms. The molecule has 4 nitrogen and oxygen atoms in total. The highest BCUT2D eigenvalue weighted by atomic mass is 79.9. The highest BCUT2D eigenvalue weighted by Gasteiger charge is 2.16. The summed E-state index contributed by atoms with van der Waals surface area (Å²) in [6, 6.07) is 16.4. The summed E-state index contributed by atoms with van der Waals surface area (Å²) < 4.78 is 1.04. The molecule has 0 aliphatic carbocycles. The molecular formula is C21H25BrN2O2S. The number of carbonyl (C=O) groups excluding carboxylic acids is 1. The van der Waals surface area contributed by atoms with Gasteiger partial charge < -0.3 is 10.4 Å². The van der Waals surface area contributed by atoms with E-state index >= 15 is 0 Å². The number of amides is 1. The lowest BCUT2D eigenvalue weighted by molar-refractivity contribution is -0.118. The van der Waals surface area contributed by atoms with Crippen LogP contribution in [0.2, 0.25) is 0 Å². The topological polar surface area (TPSA) is 52.6 Å². The average Bonchev–Trinajstić information content (AvgIpc) is 2.69. The van der Waals surface area contributed by atoms with Gasteiger partial charge in [0.15, 0.2) is 0 Å². The summed E-state index contributed by atoms with van der Waals surface area (Å²) in [7, 11) is 0. The predicted molar refractivity (Wildman–Crippen MR) is 114 cm³/mol. The van der Waals surface area contributed by atoms with Gasteiger partial charge >= 0.3 is 0 Å². The third-order valence-electron chi connectivity index (χ3n) is 4.66. The van der Waals surface area contributed by atoms with Crippen LogP contribution in [0.4, 0.5) is 0 Å². The van der Waals surface area contributed by atoms with Gasteiger partial charge in [-0.1, -0.05) is 40.2 Å². The van der Waals surface area contributed by atoms with E-state index in [1.165, 1.54) is 17.3 Å². The highest BCUT2D eigenvalue weighted by Crippen LogP contribution is 2.20. The van der Waals surface area contributed by atoms with Crippen molar-refractivity contribution in [1.82, 2.24) is 10.2 Å². The molecule has 1 heterocycles. The maximum absolute atomic E-state index is 12.0. The molecule has 1 amide bonds. The van der Waals surface area contributed by atoms with E-state index in [-0.39, 0.29) is 12.0 Å². The number of carbonyl (C=O) groups is 1. The second-order valence-electron chi connectivity index (χ2n) is 6.84. The molecule has 1 aliphatic rings. The molecule has 2 aromatic carbocycles. The van der Waals surface area contributed by atoms with Gasteiger partial charge in [0, 0.05) is 35.5 Å². The Balaban J connectivity index is 1.39. The molecule has 0 bridgehead atoms. The van der Waals surface area contributed by atoms with Crippen molar-refractivity contribution in [3.05, 3.63) is 64.1 Å². The van der Waals surface area contributed by atoms with E-state index in [1.807, 2.05) is 24.3 Å². The Bertz CT molecular complexity index is 729. The molecule has 1 fully saturated rings. The third kappa shape index (κ3) is 6.96. The van der Waals surface area contributed by atoms with Crippen LogP contribution >= 0.6 is 27.7 Å². The number of likely N-dealkylation sites (tertiary alicyclic amines) is 1. The molecule has 1 saturated heterocycles. The van der Waals surface area contributed by atoms with Gasteiger partial charge in [-0.2, -0.15) is 0 Å². The van der Waals surface area contributed by atoms with Gasteiger partial charge in [0.2, 0.25) is 5.91 Å². The molecule has 3 rings (SSSR count). The van der Waals surface area contributed by atoms with Crippen LogP contribution in [0.5, 0.6) is 0 Å². The van der Waals surface area contributed by atoms with E-state index < -0.39 is 0 Å². The standard InChI is InChI=1S/C21H25BrN2O2S/c22-18-5-7-20(8-6-18)27-15-21(26)23-13-16-1-3-17(4-2-16)14-24-11-9-19(25)10-12-24/h1-8,19,25H,9-15H2,(H,23,26). The van der Waals surface area contributed by atoms with Crippen molar-refractivity contribution in [2.45, 2.75) is 36.9 Å². The Morgan fingerprint density at radius 1 is 1.07 bits per heavy atom. The zero-order chi connectivity index (χ0) is 19.1. The second-order valence-corrected chi connectivity index (χ2v) is 8.81. The Morgan fingerprint density at radius 3 is 2.37 bits per heavy atom. The zero-order valence-electron chi connectivity index (χ0n) is 15.2. The monoisotopic (exact) mass is 448 g/mol. The van der Waals surface area contributed by atoms with E-state index in [0.29, 0.717) is 12.3 Å². The van der Waals surface area contributed by atoms with E-state index in [4.69, 9.17) is 0 Å². The molecule has 0 aromatic heterocycles. The Labute approximate surface area is 173 Å². The first-order valence-corrected chi connectivity index (χ1v) is 11.0. The second kappa shape index (κ2) is 10.3. The van der Waals surface area contributed by atoms with Crippen LogP contribution in [-0.2, 0) is 17.9 Å². The first-order chi connectivity index (χ1) is 13.1. The fourth-order valence-electron chi connectivity index (χ4n) is 3.03. The van der Waals surface area contributed by atoms with Gasteiger partial charge in [0.1, 0.15) is 0 Å². The predicted octanol–water partition coefficient (Wildman–Crippen LogP) is 3.81. The van der Waals surface area contributed by atoms with Crippen molar-refractivity contribution < 1.29 is 9.90 Å². The first kappa shape index (κ1) is 20.4. The van der Waals surface area contributed by atoms with Crippen LogP contribution in [0.25, 0.3) is 0 Å². The summed E-state index contributed by atoms with van der Waals surface area (Å²) in [6.07, 6.45) is 1.60. The number of hydrogen-bond acceptors (Lipinski definition) is 4. The Hall–Kier alpha value is -1.34. The highest BCUT2D eigenvalue weighted by molar-refractivity contribution is 9.10. The minimum Gasteiger partial charge on any atom is -0.393 e. The van der Waals surface area contributed by atoms with Gasteiger partial charge in [-0.3, -0.25) is 9.69 Å². The summed E-state index contributed by atoms with van der Waals surface area (Å²) in [6.45, 7) is 3.38. The molecule has 0 unspecified atom stereocenters. The van der Waals surface area contributed by atoms with Crippen LogP contribution in [0.15, 0.2) is 57.9 Å². The lowest BCUT2D eigenvalue weighted by atomic mass is 10.1. The van der Waals surface area contributed by atoms with Gasteiger partial charge in [0.25, 0.3) is 0 Å². The molecule has 2 aromatic rings.